The van der Waals surface area contributed by atoms with Crippen LogP contribution in [0.3, 0.4) is 0 Å². The van der Waals surface area contributed by atoms with Gasteiger partial charge in [0.25, 0.3) is 0 Å². The van der Waals surface area contributed by atoms with E-state index >= 15 is 0 Å². The van der Waals surface area contributed by atoms with Crippen LogP contribution in [-0.2, 0) is 0 Å². The number of furan rings is 2. The van der Waals surface area contributed by atoms with E-state index in [2.05, 4.69) is 158 Å². The van der Waals surface area contributed by atoms with E-state index in [9.17, 15) is 0 Å². The van der Waals surface area contributed by atoms with Crippen molar-refractivity contribution in [3.05, 3.63) is 194 Å². The molecule has 0 radical (unpaired) electrons. The topological polar surface area (TPSA) is 52.1 Å². The first-order valence-electron chi connectivity index (χ1n) is 18.8. The zero-order valence-corrected chi connectivity index (χ0v) is 30.2. The van der Waals surface area contributed by atoms with Crippen LogP contribution in [0.15, 0.2) is 203 Å². The third-order valence-corrected chi connectivity index (χ3v) is 10.8. The van der Waals surface area contributed by atoms with Crippen molar-refractivity contribution in [2.24, 2.45) is 0 Å². The number of hydrogen-bond donors (Lipinski definition) is 0. The lowest BCUT2D eigenvalue weighted by atomic mass is 9.87. The van der Waals surface area contributed by atoms with E-state index < -0.39 is 0 Å². The number of benzene rings is 8. The number of fused-ring (bicyclic) bond motifs is 6. The van der Waals surface area contributed by atoms with Gasteiger partial charge >= 0.3 is 0 Å². The Morgan fingerprint density at radius 2 is 0.714 bits per heavy atom. The van der Waals surface area contributed by atoms with E-state index in [0.29, 0.717) is 5.82 Å². The molecule has 3 heterocycles. The first kappa shape index (κ1) is 31.9. The van der Waals surface area contributed by atoms with E-state index in [-0.39, 0.29) is 0 Å². The highest BCUT2D eigenvalue weighted by Crippen LogP contribution is 2.45. The SMILES string of the molecule is c1ccc(-c2ccccc2-c2cccc(-c3ccccc3)c2-c2nc(-c3cccc4c3oc3ccccc34)cc(-c3cccc4c3oc3ccccc34)n2)cc1. The smallest absolute Gasteiger partial charge is 0.161 e. The van der Waals surface area contributed by atoms with Crippen molar-refractivity contribution in [1.29, 1.82) is 0 Å². The standard InChI is InChI=1S/C52H32N2O2/c1-3-16-33(17-4-1)35-20-7-8-21-37(35)40-25-13-24-36(34-18-5-2-6-19-34)49(40)52-53-45(43-28-14-26-41-38-22-9-11-30-47(38)55-50(41)43)32-46(54-52)44-29-15-27-42-39-23-10-12-31-48(39)56-51(42)44/h1-32H. The highest BCUT2D eigenvalue weighted by atomic mass is 16.3. The fraction of sp³-hybridized carbons (Fsp3) is 0. The van der Waals surface area contributed by atoms with Crippen LogP contribution in [0.2, 0.25) is 0 Å². The Kier molecular flexibility index (Phi) is 7.46. The summed E-state index contributed by atoms with van der Waals surface area (Å²) in [6, 6.07) is 67.2. The molecule has 4 nitrogen and oxygen atoms in total. The van der Waals surface area contributed by atoms with Gasteiger partial charge in [-0.05, 0) is 63.7 Å². The van der Waals surface area contributed by atoms with Crippen molar-refractivity contribution in [3.63, 3.8) is 0 Å². The van der Waals surface area contributed by atoms with Gasteiger partial charge in [-0.15, -0.1) is 0 Å². The van der Waals surface area contributed by atoms with Gasteiger partial charge in [0.15, 0.2) is 5.82 Å². The van der Waals surface area contributed by atoms with Gasteiger partial charge < -0.3 is 8.83 Å². The molecule has 0 saturated carbocycles. The van der Waals surface area contributed by atoms with Crippen LogP contribution >= 0.6 is 0 Å². The molecule has 4 heteroatoms. The molecule has 0 atom stereocenters. The predicted molar refractivity (Wildman–Crippen MR) is 229 cm³/mol. The largest absolute Gasteiger partial charge is 0.455 e. The molecule has 0 saturated heterocycles. The van der Waals surface area contributed by atoms with E-state index in [4.69, 9.17) is 18.8 Å². The quantitative estimate of drug-likeness (QED) is 0.172. The summed E-state index contributed by atoms with van der Waals surface area (Å²) in [5.74, 6) is 0.607. The summed E-state index contributed by atoms with van der Waals surface area (Å²) in [5, 5.41) is 4.22. The van der Waals surface area contributed by atoms with Crippen LogP contribution < -0.4 is 0 Å². The molecular formula is C52H32N2O2. The lowest BCUT2D eigenvalue weighted by molar-refractivity contribution is 0.669. The molecule has 0 N–H and O–H groups in total. The summed E-state index contributed by atoms with van der Waals surface area (Å²) in [5.41, 5.74) is 14.0. The van der Waals surface area contributed by atoms with Crippen LogP contribution in [0.5, 0.6) is 0 Å². The number of aromatic nitrogens is 2. The Balaban J connectivity index is 1.25. The predicted octanol–water partition coefficient (Wildman–Crippen LogP) is 14.3. The molecule has 0 aliphatic rings. The van der Waals surface area contributed by atoms with Gasteiger partial charge in [-0.25, -0.2) is 9.97 Å². The monoisotopic (exact) mass is 716 g/mol. The summed E-state index contributed by atoms with van der Waals surface area (Å²) in [4.78, 5) is 11.0. The fourth-order valence-electron chi connectivity index (χ4n) is 8.20. The van der Waals surface area contributed by atoms with Gasteiger partial charge in [-0.3, -0.25) is 0 Å². The molecule has 0 bridgehead atoms. The van der Waals surface area contributed by atoms with Crippen molar-refractivity contribution in [2.75, 3.05) is 0 Å². The maximum Gasteiger partial charge on any atom is 0.161 e. The minimum Gasteiger partial charge on any atom is -0.455 e. The third kappa shape index (κ3) is 5.23. The van der Waals surface area contributed by atoms with Gasteiger partial charge in [0.2, 0.25) is 0 Å². The lowest BCUT2D eigenvalue weighted by Gasteiger charge is -2.19. The Labute approximate surface area is 323 Å². The maximum atomic E-state index is 6.61. The summed E-state index contributed by atoms with van der Waals surface area (Å²) in [6.07, 6.45) is 0. The van der Waals surface area contributed by atoms with Crippen LogP contribution in [0, 0.1) is 0 Å². The molecule has 0 aliphatic carbocycles. The first-order chi connectivity index (χ1) is 27.8. The average Bonchev–Trinajstić information content (AvgIpc) is 3.85. The van der Waals surface area contributed by atoms with Crippen molar-refractivity contribution in [3.8, 4) is 67.3 Å². The van der Waals surface area contributed by atoms with E-state index in [1.54, 1.807) is 0 Å². The Morgan fingerprint density at radius 3 is 1.30 bits per heavy atom. The van der Waals surface area contributed by atoms with E-state index in [0.717, 1.165) is 105 Å². The Hall–Kier alpha value is -7.56. The second kappa shape index (κ2) is 13.1. The Bertz CT molecular complexity index is 3120. The van der Waals surface area contributed by atoms with Crippen LogP contribution in [0.25, 0.3) is 111 Å². The van der Waals surface area contributed by atoms with Gasteiger partial charge in [0.05, 0.1) is 11.4 Å². The van der Waals surface area contributed by atoms with Crippen molar-refractivity contribution < 1.29 is 8.83 Å². The molecule has 0 unspecified atom stereocenters. The summed E-state index contributed by atoms with van der Waals surface area (Å²) in [7, 11) is 0. The second-order valence-corrected chi connectivity index (χ2v) is 14.0. The first-order valence-corrected chi connectivity index (χ1v) is 18.8. The van der Waals surface area contributed by atoms with Crippen molar-refractivity contribution >= 4 is 43.9 Å². The van der Waals surface area contributed by atoms with Crippen molar-refractivity contribution in [1.82, 2.24) is 9.97 Å². The van der Waals surface area contributed by atoms with Crippen LogP contribution in [0.4, 0.5) is 0 Å². The van der Waals surface area contributed by atoms with Gasteiger partial charge in [-0.2, -0.15) is 0 Å². The summed E-state index contributed by atoms with van der Waals surface area (Å²) >= 11 is 0. The number of nitrogens with zero attached hydrogens (tertiary/aromatic N) is 2. The minimum absolute atomic E-state index is 0.607. The Morgan fingerprint density at radius 1 is 0.304 bits per heavy atom. The van der Waals surface area contributed by atoms with Gasteiger partial charge in [0, 0.05) is 38.2 Å². The normalized spacial score (nSPS) is 11.6. The molecule has 0 aliphatic heterocycles. The lowest BCUT2D eigenvalue weighted by Crippen LogP contribution is -2.00. The maximum absolute atomic E-state index is 6.61. The van der Waals surface area contributed by atoms with Crippen molar-refractivity contribution in [2.45, 2.75) is 0 Å². The van der Waals surface area contributed by atoms with Gasteiger partial charge in [0.1, 0.15) is 22.3 Å². The summed E-state index contributed by atoms with van der Waals surface area (Å²) < 4.78 is 13.2. The molecule has 0 fully saturated rings. The zero-order valence-electron chi connectivity index (χ0n) is 30.2. The van der Waals surface area contributed by atoms with Gasteiger partial charge in [-0.1, -0.05) is 164 Å². The third-order valence-electron chi connectivity index (χ3n) is 10.8. The highest BCUT2D eigenvalue weighted by molar-refractivity contribution is 6.11. The molecule has 11 rings (SSSR count). The number of rotatable bonds is 6. The molecule has 56 heavy (non-hydrogen) atoms. The number of hydrogen-bond acceptors (Lipinski definition) is 4. The van der Waals surface area contributed by atoms with Crippen LogP contribution in [0.1, 0.15) is 0 Å². The summed E-state index contributed by atoms with van der Waals surface area (Å²) in [6.45, 7) is 0. The van der Waals surface area contributed by atoms with E-state index in [1.165, 1.54) is 0 Å². The van der Waals surface area contributed by atoms with Crippen LogP contribution in [-0.4, -0.2) is 9.97 Å². The highest BCUT2D eigenvalue weighted by Gasteiger charge is 2.23. The molecule has 11 aromatic rings. The fourth-order valence-corrected chi connectivity index (χ4v) is 8.20. The molecule has 0 spiro atoms. The molecular weight excluding hydrogens is 685 g/mol. The molecule has 0 amide bonds. The second-order valence-electron chi connectivity index (χ2n) is 14.0. The minimum atomic E-state index is 0.607. The molecule has 8 aromatic carbocycles. The zero-order chi connectivity index (χ0) is 37.0. The van der Waals surface area contributed by atoms with E-state index in [1.807, 2.05) is 36.4 Å². The molecule has 3 aromatic heterocycles. The number of para-hydroxylation sites is 4. The molecule has 262 valence electrons. The average molecular weight is 717 g/mol.